The number of carbonyl (C=O) groups excluding carboxylic acids is 1. The minimum Gasteiger partial charge on any atom is -0.323 e. The van der Waals surface area contributed by atoms with Gasteiger partial charge in [0.25, 0.3) is 0 Å². The van der Waals surface area contributed by atoms with E-state index in [0.29, 0.717) is 5.69 Å². The number of anilines is 1. The van der Waals surface area contributed by atoms with Crippen molar-refractivity contribution in [1.29, 1.82) is 0 Å². The summed E-state index contributed by atoms with van der Waals surface area (Å²) in [4.78, 5) is 16.2. The molecule has 1 unspecified atom stereocenters. The molecule has 2 N–H and O–H groups in total. The van der Waals surface area contributed by atoms with E-state index in [4.69, 9.17) is 0 Å². The summed E-state index contributed by atoms with van der Waals surface area (Å²) < 4.78 is 22.7. The molecule has 1 aliphatic heterocycles. The van der Waals surface area contributed by atoms with Crippen LogP contribution >= 0.6 is 12.4 Å². The molecule has 124 valence electrons. The van der Waals surface area contributed by atoms with E-state index in [-0.39, 0.29) is 34.8 Å². The highest BCUT2D eigenvalue weighted by molar-refractivity contribution is 7.90. The van der Waals surface area contributed by atoms with Crippen LogP contribution < -0.4 is 10.6 Å². The van der Waals surface area contributed by atoms with Crippen LogP contribution in [0.1, 0.15) is 26.7 Å². The fraction of sp³-hybridized carbons (Fsp3) is 0.571. The number of hydrogen-bond donors (Lipinski definition) is 2. The number of pyridine rings is 1. The first-order valence-electron chi connectivity index (χ1n) is 6.90. The number of nitrogens with one attached hydrogen (secondary N) is 2. The van der Waals surface area contributed by atoms with Crippen LogP contribution in [0.4, 0.5) is 5.69 Å². The van der Waals surface area contributed by atoms with Crippen molar-refractivity contribution in [2.24, 2.45) is 5.41 Å². The first-order chi connectivity index (χ1) is 9.70. The van der Waals surface area contributed by atoms with Crippen molar-refractivity contribution in [3.8, 4) is 0 Å². The standard InChI is InChI=1S/C14H21N3O3S.ClH/c1-14(2)7-4-8-15-12(14)13(18)17-10-5-6-11(16-9-10)21(3,19)20;/h5-6,9,12,15H,4,7-8H2,1-3H3,(H,17,18);1H. The number of piperidine rings is 1. The molecule has 6 nitrogen and oxygen atoms in total. The van der Waals surface area contributed by atoms with Gasteiger partial charge in [0.15, 0.2) is 14.9 Å². The topological polar surface area (TPSA) is 88.2 Å². The summed E-state index contributed by atoms with van der Waals surface area (Å²) >= 11 is 0. The van der Waals surface area contributed by atoms with Crippen LogP contribution in [0.5, 0.6) is 0 Å². The summed E-state index contributed by atoms with van der Waals surface area (Å²) in [5.74, 6) is -0.117. The van der Waals surface area contributed by atoms with Gasteiger partial charge >= 0.3 is 0 Å². The van der Waals surface area contributed by atoms with Crippen LogP contribution in [0.3, 0.4) is 0 Å². The number of sulfone groups is 1. The van der Waals surface area contributed by atoms with Gasteiger partial charge in [-0.2, -0.15) is 0 Å². The number of nitrogens with zero attached hydrogens (tertiary/aromatic N) is 1. The minimum atomic E-state index is -3.32. The first kappa shape index (κ1) is 18.9. The van der Waals surface area contributed by atoms with Gasteiger partial charge < -0.3 is 10.6 Å². The smallest absolute Gasteiger partial charge is 0.242 e. The van der Waals surface area contributed by atoms with Crippen LogP contribution in [0.2, 0.25) is 0 Å². The monoisotopic (exact) mass is 347 g/mol. The fourth-order valence-electron chi connectivity index (χ4n) is 2.55. The summed E-state index contributed by atoms with van der Waals surface area (Å²) in [5.41, 5.74) is 0.387. The molecule has 0 radical (unpaired) electrons. The zero-order valence-corrected chi connectivity index (χ0v) is 14.6. The summed E-state index contributed by atoms with van der Waals surface area (Å²) in [5, 5.41) is 6.02. The molecule has 0 spiro atoms. The zero-order chi connectivity index (χ0) is 15.7. The second-order valence-corrected chi connectivity index (χ2v) is 8.09. The molecular weight excluding hydrogens is 326 g/mol. The van der Waals surface area contributed by atoms with Crippen molar-refractivity contribution < 1.29 is 13.2 Å². The molecule has 0 bridgehead atoms. The van der Waals surface area contributed by atoms with E-state index < -0.39 is 9.84 Å². The molecule has 1 aromatic heterocycles. The maximum atomic E-state index is 12.3. The largest absolute Gasteiger partial charge is 0.323 e. The van der Waals surface area contributed by atoms with Crippen LogP contribution in [-0.2, 0) is 14.6 Å². The average molecular weight is 348 g/mol. The minimum absolute atomic E-state index is 0. The SMILES string of the molecule is CC1(C)CCCNC1C(=O)Nc1ccc(S(C)(=O)=O)nc1.Cl. The van der Waals surface area contributed by atoms with Gasteiger partial charge in [0, 0.05) is 6.26 Å². The van der Waals surface area contributed by atoms with Crippen molar-refractivity contribution in [1.82, 2.24) is 10.3 Å². The third-order valence-electron chi connectivity index (χ3n) is 3.77. The molecule has 1 aromatic rings. The molecule has 1 fully saturated rings. The number of halogens is 1. The van der Waals surface area contributed by atoms with E-state index in [0.717, 1.165) is 25.6 Å². The van der Waals surface area contributed by atoms with E-state index in [2.05, 4.69) is 29.5 Å². The van der Waals surface area contributed by atoms with Gasteiger partial charge in [-0.25, -0.2) is 13.4 Å². The van der Waals surface area contributed by atoms with Crippen molar-refractivity contribution >= 4 is 33.8 Å². The van der Waals surface area contributed by atoms with E-state index in [1.807, 2.05) is 0 Å². The van der Waals surface area contributed by atoms with Crippen molar-refractivity contribution in [2.75, 3.05) is 18.1 Å². The number of aromatic nitrogens is 1. The molecule has 0 saturated carbocycles. The lowest BCUT2D eigenvalue weighted by Crippen LogP contribution is -2.53. The molecule has 1 saturated heterocycles. The number of hydrogen-bond acceptors (Lipinski definition) is 5. The molecule has 2 heterocycles. The van der Waals surface area contributed by atoms with Crippen molar-refractivity contribution in [2.45, 2.75) is 37.8 Å². The Morgan fingerprint density at radius 1 is 1.41 bits per heavy atom. The highest BCUT2D eigenvalue weighted by Gasteiger charge is 2.37. The van der Waals surface area contributed by atoms with Gasteiger partial charge in [0.2, 0.25) is 5.91 Å². The molecule has 1 aliphatic rings. The maximum absolute atomic E-state index is 12.3. The third kappa shape index (κ3) is 4.41. The lowest BCUT2D eigenvalue weighted by molar-refractivity contribution is -0.121. The number of rotatable bonds is 3. The fourth-order valence-corrected chi connectivity index (χ4v) is 3.11. The lowest BCUT2D eigenvalue weighted by Gasteiger charge is -2.38. The maximum Gasteiger partial charge on any atom is 0.242 e. The van der Waals surface area contributed by atoms with E-state index in [1.54, 1.807) is 6.07 Å². The van der Waals surface area contributed by atoms with E-state index in [9.17, 15) is 13.2 Å². The molecule has 0 aliphatic carbocycles. The normalized spacial score (nSPS) is 20.8. The molecule has 0 aromatic carbocycles. The van der Waals surface area contributed by atoms with Crippen LogP contribution in [0.15, 0.2) is 23.4 Å². The molecule has 2 rings (SSSR count). The Kier molecular flexibility index (Phi) is 5.95. The predicted molar refractivity (Wildman–Crippen MR) is 88.0 cm³/mol. The Labute approximate surface area is 137 Å². The quantitative estimate of drug-likeness (QED) is 0.867. The third-order valence-corrected chi connectivity index (χ3v) is 4.78. The lowest BCUT2D eigenvalue weighted by atomic mass is 9.77. The van der Waals surface area contributed by atoms with Gasteiger partial charge in [-0.3, -0.25) is 4.79 Å². The highest BCUT2D eigenvalue weighted by Crippen LogP contribution is 2.30. The van der Waals surface area contributed by atoms with E-state index in [1.165, 1.54) is 12.3 Å². The van der Waals surface area contributed by atoms with Crippen LogP contribution in [0.25, 0.3) is 0 Å². The van der Waals surface area contributed by atoms with Gasteiger partial charge in [-0.15, -0.1) is 12.4 Å². The molecule has 22 heavy (non-hydrogen) atoms. The second-order valence-electron chi connectivity index (χ2n) is 6.13. The summed E-state index contributed by atoms with van der Waals surface area (Å²) in [6.45, 7) is 4.95. The van der Waals surface area contributed by atoms with Crippen molar-refractivity contribution in [3.63, 3.8) is 0 Å². The molecular formula is C14H22ClN3O3S. The Morgan fingerprint density at radius 2 is 2.09 bits per heavy atom. The predicted octanol–water partition coefficient (Wildman–Crippen LogP) is 1.62. The molecule has 8 heteroatoms. The Morgan fingerprint density at radius 3 is 2.59 bits per heavy atom. The average Bonchev–Trinajstić information content (AvgIpc) is 2.37. The Hall–Kier alpha value is -1.18. The van der Waals surface area contributed by atoms with Crippen molar-refractivity contribution in [3.05, 3.63) is 18.3 Å². The number of carbonyl (C=O) groups is 1. The van der Waals surface area contributed by atoms with Gasteiger partial charge in [0.1, 0.15) is 0 Å². The second kappa shape index (κ2) is 6.93. The first-order valence-corrected chi connectivity index (χ1v) is 8.80. The summed E-state index contributed by atoms with van der Waals surface area (Å²) in [7, 11) is -3.32. The van der Waals surface area contributed by atoms with Gasteiger partial charge in [-0.1, -0.05) is 13.8 Å². The number of amides is 1. The Balaban J connectivity index is 0.00000242. The molecule has 1 amide bonds. The zero-order valence-electron chi connectivity index (χ0n) is 12.9. The van der Waals surface area contributed by atoms with Crippen LogP contribution in [0, 0.1) is 5.41 Å². The summed E-state index contributed by atoms with van der Waals surface area (Å²) in [6, 6.07) is 2.68. The highest BCUT2D eigenvalue weighted by atomic mass is 35.5. The summed E-state index contributed by atoms with van der Waals surface area (Å²) in [6.07, 6.45) is 4.51. The Bertz CT molecular complexity index is 629. The van der Waals surface area contributed by atoms with Gasteiger partial charge in [0.05, 0.1) is 17.9 Å². The van der Waals surface area contributed by atoms with E-state index >= 15 is 0 Å². The molecule has 1 atom stereocenters. The van der Waals surface area contributed by atoms with Crippen LogP contribution in [-0.4, -0.2) is 38.2 Å². The van der Waals surface area contributed by atoms with Gasteiger partial charge in [-0.05, 0) is 36.9 Å².